The number of hydrogen-bond donors (Lipinski definition) is 0. The van der Waals surface area contributed by atoms with Crippen LogP contribution in [0.5, 0.6) is 0 Å². The lowest BCUT2D eigenvalue weighted by molar-refractivity contribution is 1.67. The predicted octanol–water partition coefficient (Wildman–Crippen LogP) is 1.19. The molecule has 0 atom stereocenters. The van der Waals surface area contributed by atoms with Gasteiger partial charge in [0.15, 0.2) is 0 Å². The molecule has 1 aromatic rings. The largest absolute Gasteiger partial charge is 0.332 e. The van der Waals surface area contributed by atoms with E-state index in [-0.39, 0.29) is 0 Å². The van der Waals surface area contributed by atoms with Crippen molar-refractivity contribution < 1.29 is 0 Å². The predicted molar refractivity (Wildman–Crippen MR) is 39.8 cm³/mol. The molecule has 0 aliphatic rings. The van der Waals surface area contributed by atoms with Gasteiger partial charge in [0.05, 0.1) is 0 Å². The van der Waals surface area contributed by atoms with Crippen LogP contribution in [0.3, 0.4) is 0 Å². The fourth-order valence-electron chi connectivity index (χ4n) is 0.614. The Morgan fingerprint density at radius 2 is 1.89 bits per heavy atom. The average molecular weight is 132 g/mol. The molecule has 0 heterocycles. The zero-order chi connectivity index (χ0) is 6.53. The Balaban J connectivity index is 2.85. The van der Waals surface area contributed by atoms with E-state index in [0.29, 0.717) is 0 Å². The van der Waals surface area contributed by atoms with Gasteiger partial charge in [-0.2, -0.15) is 0 Å². The van der Waals surface area contributed by atoms with Gasteiger partial charge in [-0.25, -0.2) is 0 Å². The SMILES string of the molecule is [Si]/N=C/c1ccccc1. The van der Waals surface area contributed by atoms with Crippen LogP contribution in [0, 0.1) is 0 Å². The number of hydrogen-bond acceptors (Lipinski definition) is 1. The molecule has 1 nitrogen and oxygen atoms in total. The minimum absolute atomic E-state index is 1.10. The summed E-state index contributed by atoms with van der Waals surface area (Å²) >= 11 is 0. The Kier molecular flexibility index (Phi) is 2.21. The van der Waals surface area contributed by atoms with Gasteiger partial charge in [-0.15, -0.1) is 0 Å². The summed E-state index contributed by atoms with van der Waals surface area (Å²) in [6.45, 7) is 0. The third kappa shape index (κ3) is 1.81. The van der Waals surface area contributed by atoms with Crippen LogP contribution >= 0.6 is 0 Å². The molecule has 0 saturated carbocycles. The highest BCUT2D eigenvalue weighted by Crippen LogP contribution is 1.92. The average Bonchev–Trinajstić information content (AvgIpc) is 1.91. The van der Waals surface area contributed by atoms with Crippen LogP contribution in [-0.2, 0) is 0 Å². The molecule has 0 fully saturated rings. The number of rotatable bonds is 1. The van der Waals surface area contributed by atoms with Crippen molar-refractivity contribution in [3.8, 4) is 0 Å². The summed E-state index contributed by atoms with van der Waals surface area (Å²) in [6, 6.07) is 9.91. The number of nitrogens with zero attached hydrogens (tertiary/aromatic N) is 1. The first kappa shape index (κ1) is 6.23. The van der Waals surface area contributed by atoms with Crippen molar-refractivity contribution in [2.75, 3.05) is 0 Å². The van der Waals surface area contributed by atoms with Crippen molar-refractivity contribution in [3.63, 3.8) is 0 Å². The Morgan fingerprint density at radius 1 is 1.22 bits per heavy atom. The van der Waals surface area contributed by atoms with Crippen molar-refractivity contribution in [3.05, 3.63) is 35.9 Å². The molecule has 1 rings (SSSR count). The standard InChI is InChI=1S/C7H6NSi/c9-8-6-7-4-2-1-3-5-7/h1-6H/b8-6+. The van der Waals surface area contributed by atoms with Gasteiger partial charge in [-0.1, -0.05) is 30.3 Å². The molecular weight excluding hydrogens is 126 g/mol. The summed E-state index contributed by atoms with van der Waals surface area (Å²) in [5, 5.41) is 0. The summed E-state index contributed by atoms with van der Waals surface area (Å²) in [6.07, 6.45) is 1.75. The highest BCUT2D eigenvalue weighted by atomic mass is 28.2. The van der Waals surface area contributed by atoms with Gasteiger partial charge in [-0.3, -0.25) is 0 Å². The van der Waals surface area contributed by atoms with Gasteiger partial charge in [0, 0.05) is 6.21 Å². The molecule has 0 aromatic heterocycles. The van der Waals surface area contributed by atoms with E-state index in [1.807, 2.05) is 30.3 Å². The van der Waals surface area contributed by atoms with Crippen molar-refractivity contribution in [2.24, 2.45) is 4.66 Å². The Morgan fingerprint density at radius 3 is 2.44 bits per heavy atom. The van der Waals surface area contributed by atoms with Crippen LogP contribution in [0.2, 0.25) is 0 Å². The Labute approximate surface area is 57.9 Å². The van der Waals surface area contributed by atoms with E-state index in [4.69, 9.17) is 0 Å². The molecule has 0 aliphatic heterocycles. The fraction of sp³-hybridized carbons (Fsp3) is 0. The quantitative estimate of drug-likeness (QED) is 0.402. The van der Waals surface area contributed by atoms with Crippen molar-refractivity contribution in [2.45, 2.75) is 0 Å². The minimum atomic E-state index is 1.10. The maximum absolute atomic E-state index is 3.69. The van der Waals surface area contributed by atoms with E-state index in [1.165, 1.54) is 0 Å². The lowest BCUT2D eigenvalue weighted by Crippen LogP contribution is -1.76. The van der Waals surface area contributed by atoms with Gasteiger partial charge in [-0.05, 0) is 5.56 Å². The zero-order valence-electron chi connectivity index (χ0n) is 4.91. The molecule has 2 heteroatoms. The molecule has 0 spiro atoms. The fourth-order valence-corrected chi connectivity index (χ4v) is 0.763. The second kappa shape index (κ2) is 3.20. The normalized spacial score (nSPS) is 10.3. The van der Waals surface area contributed by atoms with Crippen LogP contribution < -0.4 is 0 Å². The minimum Gasteiger partial charge on any atom is -0.332 e. The van der Waals surface area contributed by atoms with E-state index in [2.05, 4.69) is 15.1 Å². The van der Waals surface area contributed by atoms with Gasteiger partial charge < -0.3 is 4.66 Å². The smallest absolute Gasteiger partial charge is 0.221 e. The molecule has 0 aliphatic carbocycles. The highest BCUT2D eigenvalue weighted by Gasteiger charge is 1.78. The maximum Gasteiger partial charge on any atom is 0.221 e. The first-order chi connectivity index (χ1) is 4.43. The zero-order valence-corrected chi connectivity index (χ0v) is 5.91. The lowest BCUT2D eigenvalue weighted by atomic mass is 10.2. The van der Waals surface area contributed by atoms with Gasteiger partial charge in [0.25, 0.3) is 0 Å². The second-order valence-electron chi connectivity index (χ2n) is 1.67. The summed E-state index contributed by atoms with van der Waals surface area (Å²) in [5.41, 5.74) is 1.10. The third-order valence-electron chi connectivity index (χ3n) is 1.01. The molecule has 0 amide bonds. The van der Waals surface area contributed by atoms with Crippen LogP contribution in [-0.4, -0.2) is 16.6 Å². The van der Waals surface area contributed by atoms with Crippen molar-refractivity contribution in [1.29, 1.82) is 0 Å². The number of benzene rings is 1. The Bertz CT molecular complexity index is 193. The summed E-state index contributed by atoms with van der Waals surface area (Å²) in [7, 11) is 3.00. The maximum atomic E-state index is 3.69. The van der Waals surface area contributed by atoms with Crippen LogP contribution in [0.15, 0.2) is 35.0 Å². The van der Waals surface area contributed by atoms with Crippen molar-refractivity contribution >= 4 is 16.6 Å². The van der Waals surface area contributed by atoms with E-state index in [0.717, 1.165) is 5.56 Å². The summed E-state index contributed by atoms with van der Waals surface area (Å²) < 4.78 is 3.69. The molecule has 9 heavy (non-hydrogen) atoms. The van der Waals surface area contributed by atoms with Crippen LogP contribution in [0.25, 0.3) is 0 Å². The molecule has 0 unspecified atom stereocenters. The van der Waals surface area contributed by atoms with Gasteiger partial charge >= 0.3 is 0 Å². The third-order valence-corrected chi connectivity index (χ3v) is 1.14. The lowest BCUT2D eigenvalue weighted by Gasteiger charge is -1.86. The van der Waals surface area contributed by atoms with Crippen LogP contribution in [0.1, 0.15) is 5.56 Å². The second-order valence-corrected chi connectivity index (χ2v) is 1.93. The molecular formula is C7H6NSi. The van der Waals surface area contributed by atoms with Gasteiger partial charge in [0.1, 0.15) is 0 Å². The van der Waals surface area contributed by atoms with E-state index < -0.39 is 0 Å². The molecule has 0 bridgehead atoms. The van der Waals surface area contributed by atoms with Gasteiger partial charge in [0.2, 0.25) is 10.4 Å². The van der Waals surface area contributed by atoms with E-state index in [9.17, 15) is 0 Å². The molecule has 0 saturated heterocycles. The van der Waals surface area contributed by atoms with E-state index in [1.54, 1.807) is 6.21 Å². The van der Waals surface area contributed by atoms with E-state index >= 15 is 0 Å². The topological polar surface area (TPSA) is 12.4 Å². The summed E-state index contributed by atoms with van der Waals surface area (Å²) in [5.74, 6) is 0. The van der Waals surface area contributed by atoms with Crippen molar-refractivity contribution in [1.82, 2.24) is 0 Å². The molecule has 3 radical (unpaired) electrons. The Hall–Kier alpha value is -0.893. The molecule has 43 valence electrons. The first-order valence-corrected chi connectivity index (χ1v) is 3.13. The monoisotopic (exact) mass is 132 g/mol. The van der Waals surface area contributed by atoms with Crippen LogP contribution in [0.4, 0.5) is 0 Å². The summed E-state index contributed by atoms with van der Waals surface area (Å²) in [4.78, 5) is 0. The highest BCUT2D eigenvalue weighted by molar-refractivity contribution is 6.11. The molecule has 0 N–H and O–H groups in total. The first-order valence-electron chi connectivity index (χ1n) is 2.68. The molecule has 1 aromatic carbocycles.